The van der Waals surface area contributed by atoms with Crippen molar-refractivity contribution < 1.29 is 36.2 Å². The average molecular weight is 618 g/mol. The van der Waals surface area contributed by atoms with E-state index < -0.39 is 38.1 Å². The van der Waals surface area contributed by atoms with Crippen LogP contribution in [-0.4, -0.2) is 83.1 Å². The van der Waals surface area contributed by atoms with Crippen molar-refractivity contribution in [2.75, 3.05) is 38.6 Å². The number of ether oxygens (including phenoxy) is 2. The summed E-state index contributed by atoms with van der Waals surface area (Å²) in [5, 5.41) is 9.90. The fraction of sp³-hybridized carbons (Fsp3) is 0.345. The quantitative estimate of drug-likeness (QED) is 0.354. The number of hydrogen-bond acceptors (Lipinski definition) is 8. The van der Waals surface area contributed by atoms with E-state index in [-0.39, 0.29) is 52.4 Å². The largest absolute Gasteiger partial charge is 0.497 e. The second-order valence-corrected chi connectivity index (χ2v) is 13.9. The molecule has 1 amide bonds. The molecule has 0 unspecified atom stereocenters. The molecule has 0 bridgehead atoms. The third-order valence-electron chi connectivity index (χ3n) is 7.18. The summed E-state index contributed by atoms with van der Waals surface area (Å²) in [6.07, 6.45) is -0.685. The third kappa shape index (κ3) is 6.70. The van der Waals surface area contributed by atoms with E-state index in [1.807, 2.05) is 6.92 Å². The molecule has 0 aliphatic carbocycles. The Morgan fingerprint density at radius 2 is 1.71 bits per heavy atom. The van der Waals surface area contributed by atoms with Crippen molar-refractivity contribution in [3.8, 4) is 11.5 Å². The van der Waals surface area contributed by atoms with E-state index >= 15 is 0 Å². The highest BCUT2D eigenvalue weighted by Gasteiger charge is 2.35. The lowest BCUT2D eigenvalue weighted by molar-refractivity contribution is 0.0387. The first-order chi connectivity index (χ1) is 19.9. The smallest absolute Gasteiger partial charge is 0.261 e. The Kier molecular flexibility index (Phi) is 9.46. The lowest BCUT2D eigenvalue weighted by Crippen LogP contribution is -2.50. The van der Waals surface area contributed by atoms with E-state index in [0.29, 0.717) is 5.75 Å². The van der Waals surface area contributed by atoms with Crippen LogP contribution in [0.15, 0.2) is 82.6 Å². The number of rotatable bonds is 10. The minimum atomic E-state index is -3.93. The first-order valence-electron chi connectivity index (χ1n) is 13.3. The van der Waals surface area contributed by atoms with Crippen LogP contribution in [0.1, 0.15) is 24.2 Å². The lowest BCUT2D eigenvalue weighted by Gasteiger charge is -2.38. The zero-order valence-electron chi connectivity index (χ0n) is 23.8. The van der Waals surface area contributed by atoms with Gasteiger partial charge in [0, 0.05) is 25.2 Å². The molecule has 13 heteroatoms. The predicted octanol–water partition coefficient (Wildman–Crippen LogP) is 3.04. The number of carbonyl (C=O) groups is 1. The molecule has 3 aromatic rings. The Labute approximate surface area is 246 Å². The van der Waals surface area contributed by atoms with Crippen molar-refractivity contribution in [1.29, 1.82) is 0 Å². The number of sulfonamides is 2. The number of amides is 1. The molecule has 226 valence electrons. The highest BCUT2D eigenvalue weighted by molar-refractivity contribution is 7.92. The molecule has 0 saturated carbocycles. The average Bonchev–Trinajstić information content (AvgIpc) is 2.99. The second-order valence-electron chi connectivity index (χ2n) is 10.2. The summed E-state index contributed by atoms with van der Waals surface area (Å²) >= 11 is 0. The molecular weight excluding hydrogens is 582 g/mol. The van der Waals surface area contributed by atoms with Gasteiger partial charge < -0.3 is 19.5 Å². The van der Waals surface area contributed by atoms with Gasteiger partial charge in [-0.1, -0.05) is 25.1 Å². The van der Waals surface area contributed by atoms with Crippen LogP contribution in [0.5, 0.6) is 11.5 Å². The highest BCUT2D eigenvalue weighted by Crippen LogP contribution is 2.32. The number of methoxy groups -OCH3 is 1. The molecule has 0 spiro atoms. The van der Waals surface area contributed by atoms with Gasteiger partial charge in [-0.25, -0.2) is 16.8 Å². The summed E-state index contributed by atoms with van der Waals surface area (Å²) in [6, 6.07) is 17.7. The number of hydrogen-bond donors (Lipinski definition) is 2. The van der Waals surface area contributed by atoms with E-state index in [2.05, 4.69) is 4.72 Å². The zero-order chi connectivity index (χ0) is 30.7. The molecule has 11 nitrogen and oxygen atoms in total. The second kappa shape index (κ2) is 12.7. The van der Waals surface area contributed by atoms with Gasteiger partial charge in [-0.2, -0.15) is 4.31 Å². The van der Waals surface area contributed by atoms with Crippen LogP contribution in [0, 0.1) is 5.92 Å². The van der Waals surface area contributed by atoms with Gasteiger partial charge in [-0.3, -0.25) is 9.52 Å². The molecule has 1 aliphatic heterocycles. The molecule has 3 atom stereocenters. The maximum Gasteiger partial charge on any atom is 0.261 e. The minimum Gasteiger partial charge on any atom is -0.497 e. The van der Waals surface area contributed by atoms with Crippen LogP contribution >= 0.6 is 0 Å². The Morgan fingerprint density at radius 3 is 2.33 bits per heavy atom. The number of fused-ring (bicyclic) bond motifs is 1. The van der Waals surface area contributed by atoms with Gasteiger partial charge in [0.05, 0.1) is 41.7 Å². The summed E-state index contributed by atoms with van der Waals surface area (Å²) in [4.78, 5) is 15.3. The number of likely N-dealkylation sites (N-methyl/N-ethyl adjacent to an activating group) is 1. The van der Waals surface area contributed by atoms with Gasteiger partial charge in [-0.05, 0) is 61.5 Å². The summed E-state index contributed by atoms with van der Waals surface area (Å²) in [6.45, 7) is 3.37. The number of aliphatic hydroxyl groups excluding tert-OH is 1. The molecular formula is C29H35N3O8S2. The summed E-state index contributed by atoms with van der Waals surface area (Å²) < 4.78 is 67.6. The van der Waals surface area contributed by atoms with Gasteiger partial charge in [0.2, 0.25) is 10.0 Å². The van der Waals surface area contributed by atoms with Crippen LogP contribution in [0.25, 0.3) is 0 Å². The highest BCUT2D eigenvalue weighted by atomic mass is 32.2. The molecule has 0 radical (unpaired) electrons. The molecule has 2 N–H and O–H groups in total. The third-order valence-corrected chi connectivity index (χ3v) is 10.4. The number of nitrogens with one attached hydrogen (secondary N) is 1. The van der Waals surface area contributed by atoms with Crippen molar-refractivity contribution in [2.45, 2.75) is 35.8 Å². The maximum absolute atomic E-state index is 13.7. The standard InChI is InChI=1S/C29H35N3O8S2/c1-20-17-32(21(2)19-33)29(34)26-16-22(30-41(35,36)24-8-6-5-7-9-24)10-15-27(26)40-28(20)18-31(3)42(37,38)25-13-11-23(39-4)12-14-25/h5-16,20-21,28,30,33H,17-19H2,1-4H3/t20-,21-,28+/m1/s1. The normalized spacial score (nSPS) is 18.4. The molecule has 4 rings (SSSR count). The SMILES string of the molecule is COc1ccc(S(=O)(=O)N(C)C[C@@H]2Oc3ccc(NS(=O)(=O)c4ccccc4)cc3C(=O)N([C@H](C)CO)C[C@H]2C)cc1. The number of aliphatic hydroxyl groups is 1. The monoisotopic (exact) mass is 617 g/mol. The Bertz CT molecular complexity index is 1610. The fourth-order valence-electron chi connectivity index (χ4n) is 4.60. The van der Waals surface area contributed by atoms with Gasteiger partial charge in [0.25, 0.3) is 15.9 Å². The molecule has 0 aromatic heterocycles. The molecule has 3 aromatic carbocycles. The first kappa shape index (κ1) is 31.3. The van der Waals surface area contributed by atoms with Gasteiger partial charge >= 0.3 is 0 Å². The Hall–Kier alpha value is -3.65. The van der Waals surface area contributed by atoms with E-state index in [9.17, 15) is 26.7 Å². The van der Waals surface area contributed by atoms with E-state index in [4.69, 9.17) is 9.47 Å². The fourth-order valence-corrected chi connectivity index (χ4v) is 6.85. The van der Waals surface area contributed by atoms with Crippen molar-refractivity contribution in [3.05, 3.63) is 78.4 Å². The van der Waals surface area contributed by atoms with Crippen LogP contribution in [0.2, 0.25) is 0 Å². The van der Waals surface area contributed by atoms with Gasteiger partial charge in [-0.15, -0.1) is 0 Å². The molecule has 1 aliphatic rings. The number of nitrogens with zero attached hydrogens (tertiary/aromatic N) is 2. The topological polar surface area (TPSA) is 143 Å². The summed E-state index contributed by atoms with van der Waals surface area (Å²) in [5.41, 5.74) is 0.233. The number of anilines is 1. The Balaban J connectivity index is 1.67. The van der Waals surface area contributed by atoms with Gasteiger partial charge in [0.1, 0.15) is 17.6 Å². The van der Waals surface area contributed by atoms with Crippen molar-refractivity contribution >= 4 is 31.6 Å². The molecule has 1 heterocycles. The van der Waals surface area contributed by atoms with Gasteiger partial charge in [0.15, 0.2) is 0 Å². The molecule has 0 saturated heterocycles. The van der Waals surface area contributed by atoms with E-state index in [0.717, 1.165) is 0 Å². The predicted molar refractivity (Wildman–Crippen MR) is 158 cm³/mol. The van der Waals surface area contributed by atoms with Crippen LogP contribution < -0.4 is 14.2 Å². The molecule has 0 fully saturated rings. The van der Waals surface area contributed by atoms with E-state index in [1.54, 1.807) is 37.3 Å². The summed E-state index contributed by atoms with van der Waals surface area (Å²) in [7, 11) is -4.86. The molecule has 42 heavy (non-hydrogen) atoms. The van der Waals surface area contributed by atoms with Crippen LogP contribution in [-0.2, 0) is 20.0 Å². The van der Waals surface area contributed by atoms with Crippen LogP contribution in [0.4, 0.5) is 5.69 Å². The zero-order valence-corrected chi connectivity index (χ0v) is 25.4. The Morgan fingerprint density at radius 1 is 1.05 bits per heavy atom. The minimum absolute atomic E-state index is 0.0348. The lowest BCUT2D eigenvalue weighted by atomic mass is 9.99. The van der Waals surface area contributed by atoms with E-state index in [1.165, 1.54) is 65.8 Å². The summed E-state index contributed by atoms with van der Waals surface area (Å²) in [5.74, 6) is -0.0827. The van der Waals surface area contributed by atoms with Crippen molar-refractivity contribution in [1.82, 2.24) is 9.21 Å². The van der Waals surface area contributed by atoms with Crippen LogP contribution in [0.3, 0.4) is 0 Å². The number of carbonyl (C=O) groups excluding carboxylic acids is 1. The van der Waals surface area contributed by atoms with Crippen molar-refractivity contribution in [2.24, 2.45) is 5.92 Å². The number of benzene rings is 3. The first-order valence-corrected chi connectivity index (χ1v) is 16.2. The van der Waals surface area contributed by atoms with Crippen molar-refractivity contribution in [3.63, 3.8) is 0 Å². The maximum atomic E-state index is 13.7.